The predicted molar refractivity (Wildman–Crippen MR) is 129 cm³/mol. The van der Waals surface area contributed by atoms with Gasteiger partial charge in [-0.05, 0) is 64.4 Å². The summed E-state index contributed by atoms with van der Waals surface area (Å²) in [6.45, 7) is 10.2. The Morgan fingerprint density at radius 3 is 2.34 bits per heavy atom. The summed E-state index contributed by atoms with van der Waals surface area (Å²) in [6.07, 6.45) is 1.55. The number of anilines is 2. The highest BCUT2D eigenvalue weighted by Gasteiger charge is 2.23. The maximum atomic E-state index is 13.0. The number of amides is 1. The molecule has 32 heavy (non-hydrogen) atoms. The first kappa shape index (κ1) is 23.8. The van der Waals surface area contributed by atoms with Crippen LogP contribution >= 0.6 is 11.6 Å². The summed E-state index contributed by atoms with van der Waals surface area (Å²) in [4.78, 5) is 17.3. The number of halogens is 1. The topological polar surface area (TPSA) is 84.3 Å². The average molecular weight is 475 g/mol. The highest BCUT2D eigenvalue weighted by Crippen LogP contribution is 2.25. The minimum Gasteiger partial charge on any atom is -0.380 e. The zero-order valence-corrected chi connectivity index (χ0v) is 20.4. The normalized spacial score (nSPS) is 11.6. The van der Waals surface area contributed by atoms with Crippen molar-refractivity contribution in [1.29, 1.82) is 0 Å². The third-order valence-electron chi connectivity index (χ3n) is 4.74. The van der Waals surface area contributed by atoms with Gasteiger partial charge in [0, 0.05) is 22.4 Å². The predicted octanol–water partition coefficient (Wildman–Crippen LogP) is 4.59. The molecule has 0 bridgehead atoms. The molecule has 0 aliphatic carbocycles. The van der Waals surface area contributed by atoms with E-state index in [1.807, 2.05) is 25.1 Å². The molecule has 3 aromatic rings. The van der Waals surface area contributed by atoms with E-state index < -0.39 is 16.8 Å². The van der Waals surface area contributed by atoms with Crippen LogP contribution in [0.4, 0.5) is 11.4 Å². The molecule has 0 fully saturated rings. The Morgan fingerprint density at radius 2 is 1.78 bits per heavy atom. The minimum atomic E-state index is -3.18. The van der Waals surface area contributed by atoms with Gasteiger partial charge in [0.1, 0.15) is 11.5 Å². The number of nitrogens with zero attached hydrogens (tertiary/aromatic N) is 3. The van der Waals surface area contributed by atoms with Crippen LogP contribution in [0.15, 0.2) is 48.7 Å². The Bertz CT molecular complexity index is 1200. The van der Waals surface area contributed by atoms with Crippen LogP contribution in [-0.2, 0) is 17.4 Å². The number of imidazole rings is 1. The molecule has 9 heteroatoms. The SMILES string of the molecule is Cc1ccc(N(C(=O)c2cn(Cc3ccc(NC(C)(C)C)cc3Cl)c(C)n2)[SH](=O)=O)cc1. The van der Waals surface area contributed by atoms with Crippen molar-refractivity contribution < 1.29 is 13.2 Å². The number of benzene rings is 2. The molecule has 0 saturated carbocycles. The van der Waals surface area contributed by atoms with Crippen molar-refractivity contribution in [1.82, 2.24) is 9.55 Å². The van der Waals surface area contributed by atoms with Crippen molar-refractivity contribution in [2.75, 3.05) is 9.62 Å². The molecule has 0 aliphatic rings. The van der Waals surface area contributed by atoms with Crippen molar-refractivity contribution >= 4 is 39.8 Å². The quantitative estimate of drug-likeness (QED) is 0.510. The van der Waals surface area contributed by atoms with E-state index in [0.29, 0.717) is 17.4 Å². The van der Waals surface area contributed by atoms with Gasteiger partial charge in [0.05, 0.1) is 12.2 Å². The monoisotopic (exact) mass is 474 g/mol. The van der Waals surface area contributed by atoms with E-state index in [-0.39, 0.29) is 16.9 Å². The van der Waals surface area contributed by atoms with Crippen LogP contribution in [0.1, 0.15) is 48.2 Å². The zero-order chi connectivity index (χ0) is 23.6. The molecule has 1 amide bonds. The van der Waals surface area contributed by atoms with Gasteiger partial charge >= 0.3 is 0 Å². The second-order valence-electron chi connectivity index (χ2n) is 8.67. The lowest BCUT2D eigenvalue weighted by molar-refractivity contribution is 0.100. The maximum absolute atomic E-state index is 13.0. The number of hydrogen-bond donors (Lipinski definition) is 2. The summed E-state index contributed by atoms with van der Waals surface area (Å²) in [7, 11) is -3.18. The third-order valence-corrected chi connectivity index (χ3v) is 5.83. The molecule has 2 aromatic carbocycles. The van der Waals surface area contributed by atoms with E-state index in [1.54, 1.807) is 42.0 Å². The first-order chi connectivity index (χ1) is 14.9. The van der Waals surface area contributed by atoms with Crippen LogP contribution in [0.5, 0.6) is 0 Å². The molecule has 0 spiro atoms. The Labute approximate surface area is 195 Å². The number of carbonyl (C=O) groups is 1. The van der Waals surface area contributed by atoms with E-state index in [2.05, 4.69) is 31.1 Å². The average Bonchev–Trinajstić information content (AvgIpc) is 3.04. The molecule has 1 heterocycles. The highest BCUT2D eigenvalue weighted by molar-refractivity contribution is 7.75. The lowest BCUT2D eigenvalue weighted by Crippen LogP contribution is -2.29. The van der Waals surface area contributed by atoms with Crippen molar-refractivity contribution in [3.05, 3.63) is 76.3 Å². The van der Waals surface area contributed by atoms with Gasteiger partial charge < -0.3 is 9.88 Å². The van der Waals surface area contributed by atoms with Gasteiger partial charge in [0.25, 0.3) is 5.91 Å². The van der Waals surface area contributed by atoms with Gasteiger partial charge in [-0.25, -0.2) is 17.7 Å². The van der Waals surface area contributed by atoms with Crippen LogP contribution in [0, 0.1) is 13.8 Å². The molecule has 0 radical (unpaired) electrons. The van der Waals surface area contributed by atoms with Gasteiger partial charge in [0.2, 0.25) is 10.9 Å². The van der Waals surface area contributed by atoms with Gasteiger partial charge in [-0.15, -0.1) is 0 Å². The largest absolute Gasteiger partial charge is 0.380 e. The van der Waals surface area contributed by atoms with Crippen LogP contribution in [0.25, 0.3) is 0 Å². The summed E-state index contributed by atoms with van der Waals surface area (Å²) in [6, 6.07) is 12.4. The van der Waals surface area contributed by atoms with Crippen molar-refractivity contribution in [3.8, 4) is 0 Å². The fraction of sp³-hybridized carbons (Fsp3) is 0.304. The highest BCUT2D eigenvalue weighted by atomic mass is 35.5. The number of hydrogen-bond acceptors (Lipinski definition) is 5. The van der Waals surface area contributed by atoms with Crippen molar-refractivity contribution in [3.63, 3.8) is 0 Å². The summed E-state index contributed by atoms with van der Waals surface area (Å²) in [5.74, 6) is -0.131. The molecule has 0 unspecified atom stereocenters. The van der Waals surface area contributed by atoms with Crippen LogP contribution in [0.3, 0.4) is 0 Å². The van der Waals surface area contributed by atoms with E-state index in [1.165, 1.54) is 0 Å². The number of aryl methyl sites for hydroxylation is 2. The third kappa shape index (κ3) is 5.69. The summed E-state index contributed by atoms with van der Waals surface area (Å²) < 4.78 is 26.2. The lowest BCUT2D eigenvalue weighted by atomic mass is 10.1. The summed E-state index contributed by atoms with van der Waals surface area (Å²) in [5, 5.41) is 3.96. The Hall–Kier alpha value is -2.84. The number of aromatic nitrogens is 2. The Kier molecular flexibility index (Phi) is 6.95. The molecular formula is C23H27ClN4O3S. The fourth-order valence-corrected chi connectivity index (χ4v) is 4.03. The summed E-state index contributed by atoms with van der Waals surface area (Å²) in [5.41, 5.74) is 2.96. The molecule has 170 valence electrons. The first-order valence-electron chi connectivity index (χ1n) is 10.1. The van der Waals surface area contributed by atoms with Gasteiger partial charge in [-0.3, -0.25) is 4.79 Å². The van der Waals surface area contributed by atoms with Gasteiger partial charge in [0.15, 0.2) is 0 Å². The second kappa shape index (κ2) is 9.34. The number of carbonyl (C=O) groups excluding carboxylic acids is 1. The second-order valence-corrected chi connectivity index (χ2v) is 9.96. The Balaban J connectivity index is 1.85. The minimum absolute atomic E-state index is 0.0458. The fourth-order valence-electron chi connectivity index (χ4n) is 3.22. The summed E-state index contributed by atoms with van der Waals surface area (Å²) >= 11 is 6.49. The van der Waals surface area contributed by atoms with E-state index in [4.69, 9.17) is 11.6 Å². The smallest absolute Gasteiger partial charge is 0.292 e. The first-order valence-corrected chi connectivity index (χ1v) is 11.6. The molecule has 1 N–H and O–H groups in total. The molecule has 3 rings (SSSR count). The molecule has 1 aromatic heterocycles. The van der Waals surface area contributed by atoms with Crippen molar-refractivity contribution in [2.24, 2.45) is 0 Å². The zero-order valence-electron chi connectivity index (χ0n) is 18.7. The lowest BCUT2D eigenvalue weighted by Gasteiger charge is -2.22. The van der Waals surface area contributed by atoms with Gasteiger partial charge in [-0.2, -0.15) is 0 Å². The maximum Gasteiger partial charge on any atom is 0.292 e. The molecule has 0 saturated heterocycles. The number of thiol groups is 1. The Morgan fingerprint density at radius 1 is 1.12 bits per heavy atom. The van der Waals surface area contributed by atoms with Crippen LogP contribution in [-0.4, -0.2) is 29.4 Å². The number of nitrogens with one attached hydrogen (secondary N) is 1. The van der Waals surface area contributed by atoms with Gasteiger partial charge in [-0.1, -0.05) is 35.4 Å². The van der Waals surface area contributed by atoms with Crippen LogP contribution < -0.4 is 9.62 Å². The molecular weight excluding hydrogens is 448 g/mol. The molecule has 0 aliphatic heterocycles. The molecule has 0 atom stereocenters. The van der Waals surface area contributed by atoms with Crippen LogP contribution in [0.2, 0.25) is 5.02 Å². The van der Waals surface area contributed by atoms with Crippen molar-refractivity contribution in [2.45, 2.75) is 46.7 Å². The molecule has 7 nitrogen and oxygen atoms in total. The van der Waals surface area contributed by atoms with E-state index >= 15 is 0 Å². The number of rotatable bonds is 6. The van der Waals surface area contributed by atoms with E-state index in [9.17, 15) is 13.2 Å². The van der Waals surface area contributed by atoms with E-state index in [0.717, 1.165) is 21.1 Å². The standard InChI is InChI=1S/C23H27ClN4O3S/c1-15-6-10-19(11-7-15)28(32(30)31)22(29)21-14-27(16(2)25-21)13-17-8-9-18(12-20(17)24)26-23(3,4)5/h6-12,14,26,32H,13H2,1-5H3.